The van der Waals surface area contributed by atoms with Gasteiger partial charge in [0.25, 0.3) is 10.0 Å². The van der Waals surface area contributed by atoms with Crippen molar-refractivity contribution in [1.82, 2.24) is 24.7 Å². The molecule has 28 heavy (non-hydrogen) atoms. The first kappa shape index (κ1) is 18.1. The van der Waals surface area contributed by atoms with Gasteiger partial charge in [-0.2, -0.15) is 13.5 Å². The van der Waals surface area contributed by atoms with Crippen LogP contribution in [0.2, 0.25) is 0 Å². The molecule has 0 aliphatic rings. The van der Waals surface area contributed by atoms with Gasteiger partial charge >= 0.3 is 0 Å². The first-order valence-electron chi connectivity index (χ1n) is 8.36. The highest BCUT2D eigenvalue weighted by Gasteiger charge is 2.26. The molecule has 0 unspecified atom stereocenters. The van der Waals surface area contributed by atoms with E-state index in [4.69, 9.17) is 0 Å². The Kier molecular flexibility index (Phi) is 4.15. The second-order valence-corrected chi connectivity index (χ2v) is 8.34. The fourth-order valence-electron chi connectivity index (χ4n) is 3.08. The lowest BCUT2D eigenvalue weighted by Gasteiger charge is -2.17. The van der Waals surface area contributed by atoms with Crippen molar-refractivity contribution in [3.63, 3.8) is 0 Å². The number of aryl methyl sites for hydroxylation is 2. The fourth-order valence-corrected chi connectivity index (χ4v) is 4.26. The molecule has 0 radical (unpaired) electrons. The number of nitrogens with zero attached hydrogens (tertiary/aromatic N) is 5. The van der Waals surface area contributed by atoms with Crippen LogP contribution >= 0.6 is 0 Å². The third-order valence-electron chi connectivity index (χ3n) is 4.51. The number of H-pyrrole nitrogens is 1. The topological polar surface area (TPSA) is 96.8 Å². The molecular formula is C18H17FN6O2S. The SMILES string of the molecule is Cc1cc(F)c2[nH]c(S(=O)(=O)N(C)c3cccnc3)cc2c1-c1ncn(C)n1. The lowest BCUT2D eigenvalue weighted by Crippen LogP contribution is -2.26. The number of rotatable bonds is 4. The molecule has 10 heteroatoms. The van der Waals surface area contributed by atoms with Crippen molar-refractivity contribution in [2.24, 2.45) is 7.05 Å². The van der Waals surface area contributed by atoms with Gasteiger partial charge in [0.05, 0.1) is 17.4 Å². The number of hydrogen-bond acceptors (Lipinski definition) is 5. The maximum absolute atomic E-state index is 14.6. The van der Waals surface area contributed by atoms with Gasteiger partial charge < -0.3 is 4.98 Å². The largest absolute Gasteiger partial charge is 0.342 e. The van der Waals surface area contributed by atoms with Crippen LogP contribution in [0.3, 0.4) is 0 Å². The van der Waals surface area contributed by atoms with Gasteiger partial charge in [0.1, 0.15) is 12.1 Å². The van der Waals surface area contributed by atoms with Gasteiger partial charge in [-0.25, -0.2) is 9.37 Å². The molecule has 1 N–H and O–H groups in total. The minimum atomic E-state index is -3.95. The number of pyridine rings is 1. The lowest BCUT2D eigenvalue weighted by molar-refractivity contribution is 0.591. The minimum absolute atomic E-state index is 0.0891. The molecule has 3 heterocycles. The van der Waals surface area contributed by atoms with E-state index in [1.165, 1.54) is 36.4 Å². The Morgan fingerprint density at radius 2 is 2.07 bits per heavy atom. The van der Waals surface area contributed by atoms with Crippen molar-refractivity contribution >= 4 is 26.6 Å². The molecule has 0 aliphatic heterocycles. The number of aromatic amines is 1. The van der Waals surface area contributed by atoms with Crippen LogP contribution < -0.4 is 4.31 Å². The number of nitrogens with one attached hydrogen (secondary N) is 1. The van der Waals surface area contributed by atoms with Gasteiger partial charge in [0, 0.05) is 31.2 Å². The van der Waals surface area contributed by atoms with Crippen molar-refractivity contribution < 1.29 is 12.8 Å². The van der Waals surface area contributed by atoms with Crippen LogP contribution in [0.15, 0.2) is 48.0 Å². The number of aromatic nitrogens is 5. The smallest absolute Gasteiger partial charge is 0.279 e. The van der Waals surface area contributed by atoms with E-state index in [0.29, 0.717) is 28.0 Å². The molecule has 0 saturated heterocycles. The predicted octanol–water partition coefficient (Wildman–Crippen LogP) is 2.63. The van der Waals surface area contributed by atoms with Crippen molar-refractivity contribution in [2.45, 2.75) is 11.9 Å². The lowest BCUT2D eigenvalue weighted by atomic mass is 10.0. The van der Waals surface area contributed by atoms with E-state index >= 15 is 0 Å². The molecule has 8 nitrogen and oxygen atoms in total. The Balaban J connectivity index is 1.92. The molecule has 0 fully saturated rings. The summed E-state index contributed by atoms with van der Waals surface area (Å²) in [6, 6.07) is 6.02. The van der Waals surface area contributed by atoms with E-state index in [1.54, 1.807) is 32.3 Å². The summed E-state index contributed by atoms with van der Waals surface area (Å²) in [5, 5.41) is 4.55. The van der Waals surface area contributed by atoms with Gasteiger partial charge in [-0.15, -0.1) is 0 Å². The molecule has 4 aromatic rings. The summed E-state index contributed by atoms with van der Waals surface area (Å²) in [4.78, 5) is 10.9. The van der Waals surface area contributed by atoms with E-state index in [-0.39, 0.29) is 10.5 Å². The van der Waals surface area contributed by atoms with E-state index in [2.05, 4.69) is 20.1 Å². The van der Waals surface area contributed by atoms with Crippen LogP contribution in [0.5, 0.6) is 0 Å². The minimum Gasteiger partial charge on any atom is -0.342 e. The molecule has 0 spiro atoms. The van der Waals surface area contributed by atoms with E-state index in [9.17, 15) is 12.8 Å². The summed E-state index contributed by atoms with van der Waals surface area (Å²) in [6.07, 6.45) is 4.52. The molecular weight excluding hydrogens is 383 g/mol. The molecule has 3 aromatic heterocycles. The quantitative estimate of drug-likeness (QED) is 0.568. The van der Waals surface area contributed by atoms with Gasteiger partial charge in [-0.3, -0.25) is 14.0 Å². The summed E-state index contributed by atoms with van der Waals surface area (Å²) in [5.41, 5.74) is 1.68. The average molecular weight is 400 g/mol. The molecule has 144 valence electrons. The van der Waals surface area contributed by atoms with E-state index in [0.717, 1.165) is 4.31 Å². The molecule has 0 aliphatic carbocycles. The highest BCUT2D eigenvalue weighted by atomic mass is 32.2. The number of hydrogen-bond donors (Lipinski definition) is 1. The second kappa shape index (κ2) is 6.41. The van der Waals surface area contributed by atoms with E-state index < -0.39 is 15.8 Å². The Morgan fingerprint density at radius 1 is 1.29 bits per heavy atom. The molecule has 4 rings (SSSR count). The van der Waals surface area contributed by atoms with Crippen LogP contribution in [-0.4, -0.2) is 40.2 Å². The van der Waals surface area contributed by atoms with Gasteiger partial charge in [-0.05, 0) is 36.8 Å². The van der Waals surface area contributed by atoms with Crippen LogP contribution in [0.4, 0.5) is 10.1 Å². The number of sulfonamides is 1. The summed E-state index contributed by atoms with van der Waals surface area (Å²) in [5.74, 6) is -0.147. The number of benzene rings is 1. The first-order chi connectivity index (χ1) is 13.3. The highest BCUT2D eigenvalue weighted by molar-refractivity contribution is 7.92. The zero-order valence-electron chi connectivity index (χ0n) is 15.4. The monoisotopic (exact) mass is 400 g/mol. The standard InChI is InChI=1S/C18H17FN6O2S/c1-11-7-14(19)17-13(16(11)18-21-10-24(2)23-18)8-15(22-17)28(26,27)25(3)12-5-4-6-20-9-12/h4-10,22H,1-3H3. The third kappa shape index (κ3) is 2.82. The third-order valence-corrected chi connectivity index (χ3v) is 6.22. The van der Waals surface area contributed by atoms with Crippen LogP contribution in [0.25, 0.3) is 22.3 Å². The van der Waals surface area contributed by atoms with Gasteiger partial charge in [0.2, 0.25) is 0 Å². The van der Waals surface area contributed by atoms with Gasteiger partial charge in [-0.1, -0.05) is 0 Å². The van der Waals surface area contributed by atoms with Crippen molar-refractivity contribution in [1.29, 1.82) is 0 Å². The highest BCUT2D eigenvalue weighted by Crippen LogP contribution is 2.34. The van der Waals surface area contributed by atoms with E-state index in [1.807, 2.05) is 0 Å². The summed E-state index contributed by atoms with van der Waals surface area (Å²) in [7, 11) is -0.810. The maximum Gasteiger partial charge on any atom is 0.279 e. The summed E-state index contributed by atoms with van der Waals surface area (Å²) < 4.78 is 43.3. The number of fused-ring (bicyclic) bond motifs is 1. The Morgan fingerprint density at radius 3 is 2.71 bits per heavy atom. The summed E-state index contributed by atoms with van der Waals surface area (Å²) in [6.45, 7) is 1.73. The van der Waals surface area contributed by atoms with Crippen molar-refractivity contribution in [3.8, 4) is 11.4 Å². The van der Waals surface area contributed by atoms with Crippen LogP contribution in [-0.2, 0) is 17.1 Å². The van der Waals surface area contributed by atoms with Crippen LogP contribution in [0.1, 0.15) is 5.56 Å². The molecule has 0 amide bonds. The van der Waals surface area contributed by atoms with Crippen LogP contribution in [0, 0.1) is 12.7 Å². The second-order valence-electron chi connectivity index (χ2n) is 6.40. The number of anilines is 1. The van der Waals surface area contributed by atoms with Gasteiger partial charge in [0.15, 0.2) is 10.9 Å². The maximum atomic E-state index is 14.6. The average Bonchev–Trinajstić information content (AvgIpc) is 3.29. The normalized spacial score (nSPS) is 11.9. The Bertz CT molecular complexity index is 1280. The predicted molar refractivity (Wildman–Crippen MR) is 103 cm³/mol. The summed E-state index contributed by atoms with van der Waals surface area (Å²) >= 11 is 0. The van der Waals surface area contributed by atoms with Crippen molar-refractivity contribution in [2.75, 3.05) is 11.4 Å². The Labute approximate surface area is 160 Å². The zero-order valence-corrected chi connectivity index (χ0v) is 16.2. The molecule has 0 saturated carbocycles. The fraction of sp³-hybridized carbons (Fsp3) is 0.167. The molecule has 0 bridgehead atoms. The molecule has 0 atom stereocenters. The van der Waals surface area contributed by atoms with Crippen molar-refractivity contribution in [3.05, 3.63) is 54.4 Å². The Hall–Kier alpha value is -3.27. The number of halogens is 1. The zero-order chi connectivity index (χ0) is 20.1. The first-order valence-corrected chi connectivity index (χ1v) is 9.80. The molecule has 1 aromatic carbocycles.